The summed E-state index contributed by atoms with van der Waals surface area (Å²) in [7, 11) is 1.30. The average Bonchev–Trinajstić information content (AvgIpc) is 3.70. The van der Waals surface area contributed by atoms with E-state index in [1.807, 2.05) is 36.4 Å². The lowest BCUT2D eigenvalue weighted by Gasteiger charge is -2.14. The summed E-state index contributed by atoms with van der Waals surface area (Å²) in [5, 5.41) is 20.5. The fourth-order valence-corrected chi connectivity index (χ4v) is 4.91. The van der Waals surface area contributed by atoms with E-state index in [0.717, 1.165) is 39.8 Å². The molecule has 5 aromatic heterocycles. The third-order valence-corrected chi connectivity index (χ3v) is 7.11. The van der Waals surface area contributed by atoms with E-state index in [1.165, 1.54) is 19.5 Å². The van der Waals surface area contributed by atoms with Gasteiger partial charge in [-0.05, 0) is 47.0 Å². The van der Waals surface area contributed by atoms with Gasteiger partial charge < -0.3 is 14.9 Å². The van der Waals surface area contributed by atoms with Crippen LogP contribution in [0.25, 0.3) is 44.4 Å². The zero-order valence-corrected chi connectivity index (χ0v) is 24.3. The molecule has 0 spiro atoms. The number of benzene rings is 2. The topological polar surface area (TPSA) is 169 Å². The van der Waals surface area contributed by atoms with Crippen molar-refractivity contribution in [3.8, 4) is 0 Å². The number of hydrogen-bond acceptors (Lipinski definition) is 12. The Morgan fingerprint density at radius 1 is 0.935 bits per heavy atom. The van der Waals surface area contributed by atoms with Gasteiger partial charge in [-0.2, -0.15) is 0 Å². The van der Waals surface area contributed by atoms with Gasteiger partial charge in [0, 0.05) is 23.8 Å². The van der Waals surface area contributed by atoms with Crippen molar-refractivity contribution in [2.75, 3.05) is 19.0 Å². The van der Waals surface area contributed by atoms with Crippen LogP contribution in [0.4, 0.5) is 11.5 Å². The van der Waals surface area contributed by atoms with E-state index in [1.54, 1.807) is 15.6 Å². The molecule has 15 heteroatoms. The molecule has 0 fully saturated rings. The van der Waals surface area contributed by atoms with E-state index in [2.05, 4.69) is 84.7 Å². The summed E-state index contributed by atoms with van der Waals surface area (Å²) in [5.41, 5.74) is 7.22. The standard InChI is InChI=1S/C16H14N6O2.C15H9N7/c1-24-16(23)13-8-18-14-15(19-13)22(21-20-14)9-10-4-5-12-11(7-10)3-2-6-17-12;1-16-13-8-18-14-15(19-13)22(21-20-14)9-10-4-5-12-11(7-10)3-2-6-17-12/h2-5,7-8,17H,6,9H2,1H3;2-8H,9H2. The SMILES string of the molecule is COC(=O)c1cnc2nnn(Cc3ccc4c(c3)C=CCN4)c2n1.[C-]#[N+]c1cnc2nnn(Cc3ccc4ncccc4c3)c2n1. The number of carbonyl (C=O) groups is 1. The largest absolute Gasteiger partial charge is 0.464 e. The molecule has 8 rings (SSSR count). The monoisotopic (exact) mass is 609 g/mol. The Labute approximate surface area is 260 Å². The van der Waals surface area contributed by atoms with Crippen LogP contribution in [0.15, 0.2) is 73.2 Å². The molecular weight excluding hydrogens is 586 g/mol. The molecule has 46 heavy (non-hydrogen) atoms. The van der Waals surface area contributed by atoms with E-state index < -0.39 is 5.97 Å². The van der Waals surface area contributed by atoms with Crippen LogP contribution in [0.3, 0.4) is 0 Å². The maximum absolute atomic E-state index is 11.6. The molecule has 1 aliphatic heterocycles. The highest BCUT2D eigenvalue weighted by atomic mass is 16.5. The third kappa shape index (κ3) is 5.65. The zero-order chi connectivity index (χ0) is 31.5. The average molecular weight is 610 g/mol. The molecule has 1 N–H and O–H groups in total. The van der Waals surface area contributed by atoms with E-state index in [4.69, 9.17) is 6.57 Å². The number of pyridine rings is 1. The van der Waals surface area contributed by atoms with Gasteiger partial charge in [-0.25, -0.2) is 29.1 Å². The number of nitrogens with zero attached hydrogens (tertiary/aromatic N) is 12. The van der Waals surface area contributed by atoms with Gasteiger partial charge in [-0.15, -0.1) is 10.2 Å². The Morgan fingerprint density at radius 2 is 1.67 bits per heavy atom. The molecule has 2 aromatic carbocycles. The van der Waals surface area contributed by atoms with E-state index in [-0.39, 0.29) is 11.5 Å². The molecule has 0 amide bonds. The summed E-state index contributed by atoms with van der Waals surface area (Å²) in [5.74, 6) is -0.305. The minimum atomic E-state index is -0.540. The number of anilines is 1. The summed E-state index contributed by atoms with van der Waals surface area (Å²) in [6, 6.07) is 16.1. The molecule has 7 aromatic rings. The summed E-state index contributed by atoms with van der Waals surface area (Å²) >= 11 is 0. The van der Waals surface area contributed by atoms with Gasteiger partial charge >= 0.3 is 5.97 Å². The van der Waals surface area contributed by atoms with Crippen molar-refractivity contribution in [3.63, 3.8) is 0 Å². The molecule has 0 bridgehead atoms. The van der Waals surface area contributed by atoms with E-state index in [0.29, 0.717) is 35.7 Å². The van der Waals surface area contributed by atoms with Crippen LogP contribution in [0.1, 0.15) is 27.2 Å². The Bertz CT molecular complexity index is 2320. The molecular formula is C31H23N13O2. The summed E-state index contributed by atoms with van der Waals surface area (Å²) in [6.07, 6.45) is 8.67. The highest BCUT2D eigenvalue weighted by Crippen LogP contribution is 2.23. The molecule has 224 valence electrons. The van der Waals surface area contributed by atoms with Gasteiger partial charge in [-0.3, -0.25) is 4.98 Å². The molecule has 0 saturated carbocycles. The first-order valence-electron chi connectivity index (χ1n) is 14.0. The first-order chi connectivity index (χ1) is 22.6. The minimum absolute atomic E-state index is 0.131. The predicted molar refractivity (Wildman–Crippen MR) is 168 cm³/mol. The first kappa shape index (κ1) is 28.1. The number of rotatable bonds is 5. The maximum Gasteiger partial charge on any atom is 0.358 e. The highest BCUT2D eigenvalue weighted by Gasteiger charge is 2.15. The number of ether oxygens (including phenoxy) is 1. The number of fused-ring (bicyclic) bond motifs is 4. The third-order valence-electron chi connectivity index (χ3n) is 7.11. The van der Waals surface area contributed by atoms with E-state index >= 15 is 0 Å². The number of carbonyl (C=O) groups excluding carboxylic acids is 1. The molecule has 1 aliphatic rings. The lowest BCUT2D eigenvalue weighted by atomic mass is 10.1. The van der Waals surface area contributed by atoms with Crippen LogP contribution in [0, 0.1) is 6.57 Å². The predicted octanol–water partition coefficient (Wildman–Crippen LogP) is 3.86. The fourth-order valence-electron chi connectivity index (χ4n) is 4.91. The second-order valence-corrected chi connectivity index (χ2v) is 10.1. The van der Waals surface area contributed by atoms with Gasteiger partial charge in [0.15, 0.2) is 11.3 Å². The smallest absolute Gasteiger partial charge is 0.358 e. The van der Waals surface area contributed by atoms with Crippen LogP contribution >= 0.6 is 0 Å². The van der Waals surface area contributed by atoms with Gasteiger partial charge in [0.25, 0.3) is 11.5 Å². The Morgan fingerprint density at radius 3 is 2.46 bits per heavy atom. The van der Waals surface area contributed by atoms with Crippen LogP contribution < -0.4 is 5.32 Å². The summed E-state index contributed by atoms with van der Waals surface area (Å²) in [4.78, 5) is 35.9. The number of hydrogen-bond donors (Lipinski definition) is 1. The Hall–Kier alpha value is -6.69. The second-order valence-electron chi connectivity index (χ2n) is 10.1. The molecule has 0 atom stereocenters. The maximum atomic E-state index is 11.6. The number of esters is 1. The van der Waals surface area contributed by atoms with Crippen LogP contribution in [-0.2, 0) is 17.8 Å². The Kier molecular flexibility index (Phi) is 7.41. The minimum Gasteiger partial charge on any atom is -0.464 e. The number of methoxy groups -OCH3 is 1. The molecule has 6 heterocycles. The fraction of sp³-hybridized carbons (Fsp3) is 0.129. The Balaban J connectivity index is 0.000000147. The summed E-state index contributed by atoms with van der Waals surface area (Å²) < 4.78 is 7.94. The van der Waals surface area contributed by atoms with Crippen molar-refractivity contribution < 1.29 is 9.53 Å². The number of nitrogens with one attached hydrogen (secondary N) is 1. The van der Waals surface area contributed by atoms with Crippen molar-refractivity contribution in [3.05, 3.63) is 107 Å². The van der Waals surface area contributed by atoms with Crippen LogP contribution in [0.5, 0.6) is 0 Å². The lowest BCUT2D eigenvalue weighted by molar-refractivity contribution is 0.0594. The zero-order valence-electron chi connectivity index (χ0n) is 24.3. The molecule has 0 unspecified atom stereocenters. The van der Waals surface area contributed by atoms with Crippen molar-refractivity contribution >= 4 is 57.0 Å². The van der Waals surface area contributed by atoms with E-state index in [9.17, 15) is 4.79 Å². The molecule has 0 aliphatic carbocycles. The van der Waals surface area contributed by atoms with Gasteiger partial charge in [0.1, 0.15) is 0 Å². The molecule has 0 radical (unpaired) electrons. The quantitative estimate of drug-likeness (QED) is 0.221. The lowest BCUT2D eigenvalue weighted by Crippen LogP contribution is -2.09. The van der Waals surface area contributed by atoms with Gasteiger partial charge in [0.2, 0.25) is 11.3 Å². The molecule has 0 saturated heterocycles. The van der Waals surface area contributed by atoms with Crippen molar-refractivity contribution in [2.45, 2.75) is 13.1 Å². The number of aromatic nitrogens is 11. The summed E-state index contributed by atoms with van der Waals surface area (Å²) in [6.45, 7) is 8.85. The first-order valence-corrected chi connectivity index (χ1v) is 14.0. The van der Waals surface area contributed by atoms with Gasteiger partial charge in [0.05, 0.1) is 38.1 Å². The van der Waals surface area contributed by atoms with Gasteiger partial charge in [-0.1, -0.05) is 52.3 Å². The normalized spacial score (nSPS) is 11.8. The van der Waals surface area contributed by atoms with Crippen molar-refractivity contribution in [2.24, 2.45) is 0 Å². The van der Waals surface area contributed by atoms with Crippen LogP contribution in [0.2, 0.25) is 0 Å². The van der Waals surface area contributed by atoms with Crippen LogP contribution in [-0.4, -0.2) is 74.5 Å². The molecule has 15 nitrogen and oxygen atoms in total. The second kappa shape index (κ2) is 12.1. The highest BCUT2D eigenvalue weighted by molar-refractivity contribution is 5.88. The van der Waals surface area contributed by atoms with Crippen molar-refractivity contribution in [1.29, 1.82) is 0 Å². The van der Waals surface area contributed by atoms with Crippen molar-refractivity contribution in [1.82, 2.24) is 54.9 Å².